The van der Waals surface area contributed by atoms with Crippen LogP contribution in [0.5, 0.6) is 0 Å². The second kappa shape index (κ2) is 9.93. The van der Waals surface area contributed by atoms with Crippen molar-refractivity contribution in [2.45, 2.75) is 94.6 Å². The van der Waals surface area contributed by atoms with Crippen LogP contribution in [0.2, 0.25) is 0 Å². The highest BCUT2D eigenvalue weighted by Gasteiger charge is 2.53. The van der Waals surface area contributed by atoms with Gasteiger partial charge in [-0.05, 0) is 69.2 Å². The Morgan fingerprint density at radius 1 is 0.952 bits per heavy atom. The van der Waals surface area contributed by atoms with Gasteiger partial charge in [-0.3, -0.25) is 4.98 Å². The van der Waals surface area contributed by atoms with Gasteiger partial charge in [0.25, 0.3) is 0 Å². The van der Waals surface area contributed by atoms with Crippen molar-refractivity contribution in [3.63, 3.8) is 0 Å². The molecule has 218 valence electrons. The molecule has 42 heavy (non-hydrogen) atoms. The highest BCUT2D eigenvalue weighted by atomic mass is 16.7. The molecule has 3 saturated heterocycles. The van der Waals surface area contributed by atoms with E-state index in [-0.39, 0.29) is 24.1 Å². The SMILES string of the molecule is CC1(C)OB(c2cncc(C3(O)CC4CCCC(C3)N4C(=O)OCC3c4ccccc4-c4ccccc43)c2)OC1(C)C. The molecule has 3 fully saturated rings. The molecule has 2 aromatic carbocycles. The van der Waals surface area contributed by atoms with E-state index >= 15 is 0 Å². The number of carbonyl (C=O) groups excluding carboxylic acids is 1. The van der Waals surface area contributed by atoms with Gasteiger partial charge in [0.05, 0.1) is 16.8 Å². The maximum atomic E-state index is 13.7. The first-order chi connectivity index (χ1) is 20.1. The van der Waals surface area contributed by atoms with Gasteiger partial charge in [0.15, 0.2) is 0 Å². The van der Waals surface area contributed by atoms with E-state index in [1.165, 1.54) is 22.3 Å². The summed E-state index contributed by atoms with van der Waals surface area (Å²) >= 11 is 0. The van der Waals surface area contributed by atoms with Crippen molar-refractivity contribution in [2.24, 2.45) is 0 Å². The quantitative estimate of drug-likeness (QED) is 0.418. The standard InChI is InChI=1S/C34H39BN2O5/c1-32(2)33(3,4)42-35(41-32)23-16-22(19-36-20-23)34(39)17-24-10-9-11-25(18-34)37(24)31(38)40-21-30-28-14-7-5-12-26(28)27-13-6-8-15-29(27)30/h5-8,12-16,19-20,24-25,30,39H,9-11,17-18,21H2,1-4H3. The Morgan fingerprint density at radius 3 is 2.12 bits per heavy atom. The van der Waals surface area contributed by atoms with E-state index < -0.39 is 23.9 Å². The molecule has 0 saturated carbocycles. The second-order valence-corrected chi connectivity index (χ2v) is 13.5. The lowest BCUT2D eigenvalue weighted by molar-refractivity contribution is -0.0892. The van der Waals surface area contributed by atoms with Crippen LogP contribution in [0.3, 0.4) is 0 Å². The molecule has 7 rings (SSSR count). The smallest absolute Gasteiger partial charge is 0.448 e. The van der Waals surface area contributed by atoms with Gasteiger partial charge in [-0.1, -0.05) is 54.6 Å². The van der Waals surface area contributed by atoms with Gasteiger partial charge in [-0.15, -0.1) is 0 Å². The molecule has 1 aromatic heterocycles. The summed E-state index contributed by atoms with van der Waals surface area (Å²) in [7, 11) is -0.550. The zero-order valence-electron chi connectivity index (χ0n) is 24.9. The predicted molar refractivity (Wildman–Crippen MR) is 161 cm³/mol. The van der Waals surface area contributed by atoms with Crippen molar-refractivity contribution in [2.75, 3.05) is 6.61 Å². The average Bonchev–Trinajstić information content (AvgIpc) is 3.40. The fourth-order valence-electron chi connectivity index (χ4n) is 7.45. The maximum Gasteiger partial charge on any atom is 0.496 e. The number of rotatable bonds is 4. The molecule has 7 nitrogen and oxygen atoms in total. The maximum absolute atomic E-state index is 13.7. The Morgan fingerprint density at radius 2 is 1.52 bits per heavy atom. The third-order valence-corrected chi connectivity index (χ3v) is 10.4. The van der Waals surface area contributed by atoms with Crippen LogP contribution in [0, 0.1) is 0 Å². The van der Waals surface area contributed by atoms with Crippen LogP contribution < -0.4 is 5.46 Å². The largest absolute Gasteiger partial charge is 0.496 e. The first kappa shape index (κ1) is 27.6. The van der Waals surface area contributed by atoms with Crippen LogP contribution in [-0.2, 0) is 19.6 Å². The van der Waals surface area contributed by atoms with Crippen LogP contribution >= 0.6 is 0 Å². The number of nitrogens with zero attached hydrogens (tertiary/aromatic N) is 2. The molecule has 4 heterocycles. The number of benzene rings is 2. The Hall–Kier alpha value is -3.20. The summed E-state index contributed by atoms with van der Waals surface area (Å²) in [5.41, 5.74) is 4.36. The molecule has 2 unspecified atom stereocenters. The lowest BCUT2D eigenvalue weighted by Gasteiger charge is -2.51. The van der Waals surface area contributed by atoms with Gasteiger partial charge >= 0.3 is 13.2 Å². The number of aromatic nitrogens is 1. The fraction of sp³-hybridized carbons (Fsp3) is 0.471. The van der Waals surface area contributed by atoms with Gasteiger partial charge < -0.3 is 24.1 Å². The number of fused-ring (bicyclic) bond motifs is 5. The summed E-state index contributed by atoms with van der Waals surface area (Å²) in [6.45, 7) is 8.40. The van der Waals surface area contributed by atoms with E-state index in [0.29, 0.717) is 19.4 Å². The molecule has 0 radical (unpaired) electrons. The molecule has 0 spiro atoms. The molecule has 1 N–H and O–H groups in total. The normalized spacial score (nSPS) is 27.5. The Labute approximate surface area is 248 Å². The Kier molecular flexibility index (Phi) is 6.53. The average molecular weight is 567 g/mol. The number of amides is 1. The molecule has 1 aliphatic carbocycles. The van der Waals surface area contributed by atoms with Crippen molar-refractivity contribution in [3.8, 4) is 11.1 Å². The van der Waals surface area contributed by atoms with E-state index in [0.717, 1.165) is 30.3 Å². The van der Waals surface area contributed by atoms with Crippen molar-refractivity contribution < 1.29 is 23.9 Å². The van der Waals surface area contributed by atoms with E-state index in [1.807, 2.05) is 50.8 Å². The number of pyridine rings is 1. The minimum Gasteiger partial charge on any atom is -0.448 e. The highest BCUT2D eigenvalue weighted by molar-refractivity contribution is 6.62. The van der Waals surface area contributed by atoms with Gasteiger partial charge in [-0.25, -0.2) is 4.79 Å². The number of carbonyl (C=O) groups is 1. The molecule has 8 heteroatoms. The first-order valence-corrected chi connectivity index (χ1v) is 15.2. The number of hydrogen-bond acceptors (Lipinski definition) is 6. The third-order valence-electron chi connectivity index (χ3n) is 10.4. The van der Waals surface area contributed by atoms with E-state index in [1.54, 1.807) is 12.4 Å². The number of hydrogen-bond donors (Lipinski definition) is 1. The van der Waals surface area contributed by atoms with Crippen LogP contribution in [-0.4, -0.2) is 58.1 Å². The van der Waals surface area contributed by atoms with Crippen LogP contribution in [0.4, 0.5) is 4.79 Å². The van der Waals surface area contributed by atoms with Gasteiger partial charge in [-0.2, -0.15) is 0 Å². The third kappa shape index (κ3) is 4.46. The second-order valence-electron chi connectivity index (χ2n) is 13.5. The van der Waals surface area contributed by atoms with E-state index in [2.05, 4.69) is 41.4 Å². The fourth-order valence-corrected chi connectivity index (χ4v) is 7.45. The Bertz CT molecular complexity index is 1450. The molecule has 2 bridgehead atoms. The molecule has 1 amide bonds. The zero-order chi connectivity index (χ0) is 29.3. The summed E-state index contributed by atoms with van der Waals surface area (Å²) in [4.78, 5) is 20.1. The monoisotopic (exact) mass is 566 g/mol. The minimum atomic E-state index is -1.09. The molecule has 2 atom stereocenters. The summed E-state index contributed by atoms with van der Waals surface area (Å²) < 4.78 is 18.6. The predicted octanol–water partition coefficient (Wildman–Crippen LogP) is 5.53. The topological polar surface area (TPSA) is 81.1 Å². The summed E-state index contributed by atoms with van der Waals surface area (Å²) in [6.07, 6.45) is 6.82. The van der Waals surface area contributed by atoms with Crippen LogP contribution in [0.1, 0.15) is 82.4 Å². The van der Waals surface area contributed by atoms with Gasteiger partial charge in [0.2, 0.25) is 0 Å². The van der Waals surface area contributed by atoms with Crippen LogP contribution in [0.25, 0.3) is 11.1 Å². The molecule has 3 aromatic rings. The summed E-state index contributed by atoms with van der Waals surface area (Å²) in [5.74, 6) is 0.0201. The Balaban J connectivity index is 1.08. The van der Waals surface area contributed by atoms with Crippen molar-refractivity contribution in [1.82, 2.24) is 9.88 Å². The summed E-state index contributed by atoms with van der Waals surface area (Å²) in [6, 6.07) is 18.5. The minimum absolute atomic E-state index is 0.0201. The van der Waals surface area contributed by atoms with Crippen molar-refractivity contribution in [1.29, 1.82) is 0 Å². The lowest BCUT2D eigenvalue weighted by atomic mass is 9.71. The molecule has 3 aliphatic heterocycles. The highest BCUT2D eigenvalue weighted by Crippen LogP contribution is 2.47. The summed E-state index contributed by atoms with van der Waals surface area (Å²) in [5, 5.41) is 12.0. The first-order valence-electron chi connectivity index (χ1n) is 15.2. The zero-order valence-corrected chi connectivity index (χ0v) is 24.9. The molecular formula is C34H39BN2O5. The van der Waals surface area contributed by atoms with Gasteiger partial charge in [0.1, 0.15) is 6.61 Å². The van der Waals surface area contributed by atoms with Crippen molar-refractivity contribution >= 4 is 18.7 Å². The van der Waals surface area contributed by atoms with Gasteiger partial charge in [0, 0.05) is 54.3 Å². The lowest BCUT2D eigenvalue weighted by Crippen LogP contribution is -2.59. The van der Waals surface area contributed by atoms with Crippen LogP contribution in [0.15, 0.2) is 67.0 Å². The number of aliphatic hydroxyl groups is 1. The molecule has 4 aliphatic rings. The number of piperidine rings is 2. The number of ether oxygens (including phenoxy) is 1. The van der Waals surface area contributed by atoms with Crippen molar-refractivity contribution in [3.05, 3.63) is 83.7 Å². The van der Waals surface area contributed by atoms with E-state index in [4.69, 9.17) is 14.0 Å². The van der Waals surface area contributed by atoms with E-state index in [9.17, 15) is 9.90 Å². The molecular weight excluding hydrogens is 527 g/mol.